The normalized spacial score (nSPS) is 11.6. The summed E-state index contributed by atoms with van der Waals surface area (Å²) in [5.41, 5.74) is 16.1. The predicted molar refractivity (Wildman–Crippen MR) is 65.9 cm³/mol. The van der Waals surface area contributed by atoms with Gasteiger partial charge >= 0.3 is 49.6 Å². The van der Waals surface area contributed by atoms with E-state index in [1.165, 1.54) is 0 Å². The summed E-state index contributed by atoms with van der Waals surface area (Å²) in [7, 11) is 20.0. The fraction of sp³-hybridized carbons (Fsp3) is 0.250. The van der Waals surface area contributed by atoms with Gasteiger partial charge in [0.2, 0.25) is 0 Å². The van der Waals surface area contributed by atoms with Crippen molar-refractivity contribution in [3.63, 3.8) is 0 Å². The average Bonchev–Trinajstić information content (AvgIpc) is 2.15. The van der Waals surface area contributed by atoms with Crippen LogP contribution in [0.1, 0.15) is 11.1 Å². The molecule has 90 valence electrons. The fourth-order valence-electron chi connectivity index (χ4n) is 0.902. The Morgan fingerprint density at radius 1 is 0.867 bits per heavy atom. The van der Waals surface area contributed by atoms with Crippen LogP contribution in [-0.4, -0.2) is 0 Å². The van der Waals surface area contributed by atoms with Gasteiger partial charge in [0.05, 0.1) is 0 Å². The van der Waals surface area contributed by atoms with Crippen LogP contribution in [0.15, 0.2) is 24.3 Å². The molecule has 15 heavy (non-hydrogen) atoms. The Balaban J connectivity index is 0.000000336. The molecule has 2 N–H and O–H groups in total. The van der Waals surface area contributed by atoms with Gasteiger partial charge in [0.25, 0.3) is 0 Å². The molecule has 0 atom stereocenters. The number of rotatable bonds is 2. The molecular weight excluding hydrogens is 461 g/mol. The zero-order valence-corrected chi connectivity index (χ0v) is 12.8. The molecule has 0 aliphatic heterocycles. The first-order valence-corrected chi connectivity index (χ1v) is 15.0. The molecule has 0 bridgehead atoms. The van der Waals surface area contributed by atoms with Crippen molar-refractivity contribution in [3.05, 3.63) is 46.9 Å². The molecular formula is C8H10Cl4N2Pt. The quantitative estimate of drug-likeness (QED) is 0.544. The molecule has 1 aromatic carbocycles. The SMILES string of the molecule is [Cl][Pt+2]([Cl])([Cl])[Cl].[NH-]Cc1ccccc1C[NH-]. The van der Waals surface area contributed by atoms with E-state index >= 15 is 0 Å². The Hall–Kier alpha value is 0.988. The summed E-state index contributed by atoms with van der Waals surface area (Å²) in [4.78, 5) is 0. The summed E-state index contributed by atoms with van der Waals surface area (Å²) >= 11 is -3.06. The minimum atomic E-state index is -3.06. The summed E-state index contributed by atoms with van der Waals surface area (Å²) in [6, 6.07) is 7.61. The first-order valence-electron chi connectivity index (χ1n) is 3.72. The van der Waals surface area contributed by atoms with Crippen LogP contribution in [0.25, 0.3) is 11.5 Å². The van der Waals surface area contributed by atoms with Crippen molar-refractivity contribution in [2.45, 2.75) is 13.1 Å². The average molecular weight is 471 g/mol. The van der Waals surface area contributed by atoms with Crippen molar-refractivity contribution in [3.8, 4) is 0 Å². The molecule has 2 nitrogen and oxygen atoms in total. The Labute approximate surface area is 109 Å². The van der Waals surface area contributed by atoms with Crippen LogP contribution in [0.2, 0.25) is 0 Å². The second kappa shape index (κ2) is 8.13. The maximum Gasteiger partial charge on any atom is -0.0606 e. The van der Waals surface area contributed by atoms with Gasteiger partial charge in [-0.2, -0.15) is 0 Å². The molecule has 0 aromatic heterocycles. The van der Waals surface area contributed by atoms with Gasteiger partial charge in [0.1, 0.15) is 0 Å². The number of halogens is 4. The van der Waals surface area contributed by atoms with Crippen LogP contribution >= 0.6 is 37.7 Å². The van der Waals surface area contributed by atoms with Crippen LogP contribution in [0, 0.1) is 0 Å². The Bertz CT molecular complexity index is 261. The Morgan fingerprint density at radius 2 is 1.13 bits per heavy atom. The summed E-state index contributed by atoms with van der Waals surface area (Å²) in [6.07, 6.45) is 0. The third kappa shape index (κ3) is 9.89. The number of nitrogens with one attached hydrogen (secondary N) is 2. The van der Waals surface area contributed by atoms with Gasteiger partial charge in [-0.05, 0) is 0 Å². The molecule has 0 radical (unpaired) electrons. The summed E-state index contributed by atoms with van der Waals surface area (Å²) < 4.78 is 0. The molecule has 7 heteroatoms. The van der Waals surface area contributed by atoms with Crippen molar-refractivity contribution in [2.75, 3.05) is 0 Å². The van der Waals surface area contributed by atoms with Gasteiger partial charge in [-0.25, -0.2) is 0 Å². The van der Waals surface area contributed by atoms with Crippen LogP contribution in [-0.2, 0) is 25.0 Å². The zero-order valence-electron chi connectivity index (χ0n) is 7.55. The van der Waals surface area contributed by atoms with Crippen molar-refractivity contribution in [1.29, 1.82) is 0 Å². The predicted octanol–water partition coefficient (Wildman–Crippen LogP) is 5.55. The van der Waals surface area contributed by atoms with E-state index in [2.05, 4.69) is 0 Å². The molecule has 0 heterocycles. The van der Waals surface area contributed by atoms with Gasteiger partial charge in [0, 0.05) is 0 Å². The first kappa shape index (κ1) is 16.0. The van der Waals surface area contributed by atoms with Crippen LogP contribution in [0.5, 0.6) is 0 Å². The molecule has 0 spiro atoms. The third-order valence-electron chi connectivity index (χ3n) is 1.50. The molecule has 1 aromatic rings. The van der Waals surface area contributed by atoms with Crippen LogP contribution in [0.3, 0.4) is 0 Å². The van der Waals surface area contributed by atoms with Crippen molar-refractivity contribution in [2.24, 2.45) is 0 Å². The first-order chi connectivity index (χ1) is 6.88. The summed E-state index contributed by atoms with van der Waals surface area (Å²) in [5, 5.41) is 0. The zero-order chi connectivity index (χ0) is 11.9. The van der Waals surface area contributed by atoms with E-state index in [0.29, 0.717) is 0 Å². The molecule has 0 unspecified atom stereocenters. The van der Waals surface area contributed by atoms with E-state index in [1.807, 2.05) is 24.3 Å². The second-order valence-corrected chi connectivity index (χ2v) is 22.1. The maximum atomic E-state index is 7.10. The number of hydrogen-bond acceptors (Lipinski definition) is 0. The molecule has 0 amide bonds. The molecule has 0 aliphatic carbocycles. The number of benzene rings is 1. The van der Waals surface area contributed by atoms with Gasteiger partial charge in [-0.15, -0.1) is 13.1 Å². The van der Waals surface area contributed by atoms with E-state index in [4.69, 9.17) is 49.1 Å². The standard InChI is InChI=1S/C8H10N2.4ClH.Pt/c9-5-7-3-1-2-4-8(7)6-10;;;;;/h1-4,9-10H,5-6H2;4*1H;/q-2;;;;;+6/p-4. The summed E-state index contributed by atoms with van der Waals surface area (Å²) in [6.45, 7) is 0.574. The van der Waals surface area contributed by atoms with Gasteiger partial charge < -0.3 is 11.5 Å². The Morgan fingerprint density at radius 3 is 1.33 bits per heavy atom. The topological polar surface area (TPSA) is 47.6 Å². The minimum absolute atomic E-state index is 0.287. The monoisotopic (exact) mass is 469 g/mol. The molecule has 1 rings (SSSR count). The molecule has 0 fully saturated rings. The smallest absolute Gasteiger partial charge is 0.0606 e. The van der Waals surface area contributed by atoms with E-state index in [0.717, 1.165) is 11.1 Å². The molecule has 0 saturated carbocycles. The largest absolute Gasteiger partial charge is 0.674 e. The second-order valence-electron chi connectivity index (χ2n) is 2.39. The van der Waals surface area contributed by atoms with Gasteiger partial charge in [0.15, 0.2) is 0 Å². The summed E-state index contributed by atoms with van der Waals surface area (Å²) in [5.74, 6) is 0. The fourth-order valence-corrected chi connectivity index (χ4v) is 0.902. The van der Waals surface area contributed by atoms with Crippen LogP contribution in [0.4, 0.5) is 0 Å². The van der Waals surface area contributed by atoms with E-state index in [1.54, 1.807) is 0 Å². The van der Waals surface area contributed by atoms with Crippen molar-refractivity contribution >= 4 is 37.7 Å². The molecule has 0 saturated heterocycles. The van der Waals surface area contributed by atoms with Crippen molar-refractivity contribution < 1.29 is 11.9 Å². The van der Waals surface area contributed by atoms with E-state index in [9.17, 15) is 0 Å². The maximum absolute atomic E-state index is 7.10. The van der Waals surface area contributed by atoms with Gasteiger partial charge in [-0.1, -0.05) is 35.4 Å². The van der Waals surface area contributed by atoms with Crippen LogP contribution < -0.4 is 0 Å². The van der Waals surface area contributed by atoms with Gasteiger partial charge in [-0.3, -0.25) is 0 Å². The minimum Gasteiger partial charge on any atom is -0.674 e. The Kier molecular flexibility index (Phi) is 8.67. The van der Waals surface area contributed by atoms with E-state index in [-0.39, 0.29) is 13.1 Å². The van der Waals surface area contributed by atoms with Crippen molar-refractivity contribution in [1.82, 2.24) is 0 Å². The third-order valence-corrected chi connectivity index (χ3v) is 1.50. The molecule has 0 aliphatic rings. The number of hydrogen-bond donors (Lipinski definition) is 0. The van der Waals surface area contributed by atoms with E-state index < -0.39 is 11.9 Å².